The van der Waals surface area contributed by atoms with Crippen molar-refractivity contribution in [2.24, 2.45) is 5.73 Å². The van der Waals surface area contributed by atoms with Crippen LogP contribution in [0.4, 0.5) is 15.8 Å². The van der Waals surface area contributed by atoms with Gasteiger partial charge in [0.1, 0.15) is 5.82 Å². The molecule has 2 aliphatic rings. The number of rotatable bonds is 5. The van der Waals surface area contributed by atoms with Crippen molar-refractivity contribution in [2.45, 2.75) is 25.8 Å². The summed E-state index contributed by atoms with van der Waals surface area (Å²) in [5.41, 5.74) is 9.75. The molecule has 3 heterocycles. The van der Waals surface area contributed by atoms with Gasteiger partial charge in [-0.05, 0) is 61.7 Å². The second kappa shape index (κ2) is 8.71. The Hall–Kier alpha value is -2.64. The van der Waals surface area contributed by atoms with E-state index in [1.165, 1.54) is 16.9 Å². The van der Waals surface area contributed by atoms with Gasteiger partial charge in [-0.1, -0.05) is 0 Å². The zero-order valence-corrected chi connectivity index (χ0v) is 19.2. The lowest BCUT2D eigenvalue weighted by atomic mass is 9.99. The third kappa shape index (κ3) is 4.07. The summed E-state index contributed by atoms with van der Waals surface area (Å²) in [6, 6.07) is 11.4. The Balaban J connectivity index is 1.22. The van der Waals surface area contributed by atoms with Crippen molar-refractivity contribution in [3.63, 3.8) is 0 Å². The molecule has 1 amide bonds. The number of fused-ring (bicyclic) bond motifs is 2. The summed E-state index contributed by atoms with van der Waals surface area (Å²) in [4.78, 5) is 19.0. The first-order valence-electron chi connectivity index (χ1n) is 11.3. The van der Waals surface area contributed by atoms with Gasteiger partial charge in [0.25, 0.3) is 0 Å². The highest BCUT2D eigenvalue weighted by molar-refractivity contribution is 7.17. The van der Waals surface area contributed by atoms with Crippen LogP contribution in [0.15, 0.2) is 41.8 Å². The molecule has 3 aromatic rings. The molecule has 0 saturated carbocycles. The van der Waals surface area contributed by atoms with Crippen LogP contribution in [-0.4, -0.2) is 56.1 Å². The molecule has 1 unspecified atom stereocenters. The zero-order chi connectivity index (χ0) is 22.2. The fourth-order valence-electron chi connectivity index (χ4n) is 5.09. The molecule has 1 atom stereocenters. The van der Waals surface area contributed by atoms with Gasteiger partial charge in [0.15, 0.2) is 0 Å². The molecular weight excluding hydrogens is 423 g/mol. The smallest absolute Gasteiger partial charge is 0.248 e. The normalized spacial score (nSPS) is 19.4. The summed E-state index contributed by atoms with van der Waals surface area (Å²) >= 11 is 1.62. The van der Waals surface area contributed by atoms with Crippen molar-refractivity contribution >= 4 is 38.7 Å². The molecular formula is C25H29FN4OS. The lowest BCUT2D eigenvalue weighted by Gasteiger charge is -2.42. The average molecular weight is 453 g/mol. The van der Waals surface area contributed by atoms with Gasteiger partial charge in [-0.15, -0.1) is 11.3 Å². The number of benzene rings is 2. The minimum atomic E-state index is -0.361. The first kappa shape index (κ1) is 21.2. The fourth-order valence-corrected chi connectivity index (χ4v) is 6.08. The van der Waals surface area contributed by atoms with E-state index >= 15 is 0 Å². The average Bonchev–Trinajstić information content (AvgIpc) is 3.20. The number of carbonyl (C=O) groups is 1. The molecule has 5 nitrogen and oxygen atoms in total. The monoisotopic (exact) mass is 452 g/mol. The SMILES string of the molecule is CC1CN(c2csc3cc(F)ccc23)CCN1CCN1CCCc2cc(C(N)=O)ccc21. The van der Waals surface area contributed by atoms with Crippen molar-refractivity contribution < 1.29 is 9.18 Å². The molecule has 0 spiro atoms. The number of thiophene rings is 1. The van der Waals surface area contributed by atoms with Crippen LogP contribution < -0.4 is 15.5 Å². The van der Waals surface area contributed by atoms with Gasteiger partial charge in [0, 0.05) is 72.0 Å². The molecule has 2 aliphatic heterocycles. The highest BCUT2D eigenvalue weighted by atomic mass is 32.1. The highest BCUT2D eigenvalue weighted by Gasteiger charge is 2.26. The minimum absolute atomic E-state index is 0.172. The maximum Gasteiger partial charge on any atom is 0.248 e. The lowest BCUT2D eigenvalue weighted by molar-refractivity contribution is 0.1000. The van der Waals surface area contributed by atoms with E-state index < -0.39 is 0 Å². The van der Waals surface area contributed by atoms with Gasteiger partial charge in [-0.25, -0.2) is 4.39 Å². The van der Waals surface area contributed by atoms with Crippen LogP contribution in [0.5, 0.6) is 0 Å². The Bertz CT molecular complexity index is 1150. The number of primary amides is 1. The van der Waals surface area contributed by atoms with Gasteiger partial charge in [-0.3, -0.25) is 9.69 Å². The third-order valence-electron chi connectivity index (χ3n) is 6.86. The Morgan fingerprint density at radius 1 is 1.12 bits per heavy atom. The number of aryl methyl sites for hydroxylation is 1. The molecule has 7 heteroatoms. The Kier molecular flexibility index (Phi) is 5.78. The van der Waals surface area contributed by atoms with Crippen LogP contribution in [0.25, 0.3) is 10.1 Å². The van der Waals surface area contributed by atoms with Gasteiger partial charge in [-0.2, -0.15) is 0 Å². The third-order valence-corrected chi connectivity index (χ3v) is 7.79. The largest absolute Gasteiger partial charge is 0.370 e. The predicted octanol–water partition coefficient (Wildman–Crippen LogP) is 4.10. The van der Waals surface area contributed by atoms with Crippen LogP contribution in [-0.2, 0) is 6.42 Å². The van der Waals surface area contributed by atoms with Gasteiger partial charge < -0.3 is 15.5 Å². The molecule has 0 bridgehead atoms. The van der Waals surface area contributed by atoms with E-state index in [0.717, 1.165) is 62.2 Å². The van der Waals surface area contributed by atoms with E-state index in [-0.39, 0.29) is 11.7 Å². The number of nitrogens with zero attached hydrogens (tertiary/aromatic N) is 3. The van der Waals surface area contributed by atoms with E-state index in [2.05, 4.69) is 33.1 Å². The summed E-state index contributed by atoms with van der Waals surface area (Å²) in [5.74, 6) is -0.533. The van der Waals surface area contributed by atoms with Crippen molar-refractivity contribution in [3.8, 4) is 0 Å². The van der Waals surface area contributed by atoms with Crippen LogP contribution in [0, 0.1) is 5.82 Å². The second-order valence-corrected chi connectivity index (χ2v) is 9.80. The van der Waals surface area contributed by atoms with E-state index in [1.807, 2.05) is 18.2 Å². The first-order chi connectivity index (χ1) is 15.5. The van der Waals surface area contributed by atoms with Crippen molar-refractivity contribution in [1.82, 2.24) is 4.90 Å². The predicted molar refractivity (Wildman–Crippen MR) is 131 cm³/mol. The molecule has 0 aliphatic carbocycles. The van der Waals surface area contributed by atoms with Gasteiger partial charge in [0.2, 0.25) is 5.91 Å². The van der Waals surface area contributed by atoms with Crippen molar-refractivity contribution in [2.75, 3.05) is 49.1 Å². The van der Waals surface area contributed by atoms with Crippen molar-refractivity contribution in [3.05, 3.63) is 58.7 Å². The van der Waals surface area contributed by atoms with Crippen LogP contribution in [0.3, 0.4) is 0 Å². The van der Waals surface area contributed by atoms with Gasteiger partial charge in [0.05, 0.1) is 5.69 Å². The molecule has 5 rings (SSSR count). The summed E-state index contributed by atoms with van der Waals surface area (Å²) in [6.45, 7) is 8.31. The molecule has 168 valence electrons. The minimum Gasteiger partial charge on any atom is -0.370 e. The molecule has 2 aromatic carbocycles. The standard InChI is InChI=1S/C25H29FN4OS/c1-17-15-30(23-16-32-24-14-20(26)5-6-21(23)24)12-10-28(17)9-11-29-8-2-3-18-13-19(25(27)31)4-7-22(18)29/h4-7,13-14,16-17H,2-3,8-12,15H2,1H3,(H2,27,31). The Morgan fingerprint density at radius 2 is 2.00 bits per heavy atom. The van der Waals surface area contributed by atoms with E-state index in [9.17, 15) is 9.18 Å². The van der Waals surface area contributed by atoms with Crippen LogP contribution in [0.2, 0.25) is 0 Å². The number of carbonyl (C=O) groups excluding carboxylic acids is 1. The number of nitrogens with two attached hydrogens (primary N) is 1. The number of amides is 1. The maximum atomic E-state index is 13.5. The fraction of sp³-hybridized carbons (Fsp3) is 0.400. The topological polar surface area (TPSA) is 52.8 Å². The number of hydrogen-bond donors (Lipinski definition) is 1. The first-order valence-corrected chi connectivity index (χ1v) is 12.2. The molecule has 1 saturated heterocycles. The second-order valence-electron chi connectivity index (χ2n) is 8.89. The van der Waals surface area contributed by atoms with Crippen LogP contribution >= 0.6 is 11.3 Å². The highest BCUT2D eigenvalue weighted by Crippen LogP contribution is 2.34. The van der Waals surface area contributed by atoms with E-state index in [4.69, 9.17) is 5.73 Å². The van der Waals surface area contributed by atoms with E-state index in [1.54, 1.807) is 23.5 Å². The summed E-state index contributed by atoms with van der Waals surface area (Å²) in [6.07, 6.45) is 2.10. The number of halogens is 1. The van der Waals surface area contributed by atoms with Crippen molar-refractivity contribution in [1.29, 1.82) is 0 Å². The lowest BCUT2D eigenvalue weighted by Crippen LogP contribution is -2.53. The molecule has 0 radical (unpaired) electrons. The Labute approximate surface area is 192 Å². The Morgan fingerprint density at radius 3 is 2.81 bits per heavy atom. The van der Waals surface area contributed by atoms with E-state index in [0.29, 0.717) is 11.6 Å². The van der Waals surface area contributed by atoms with Crippen LogP contribution in [0.1, 0.15) is 29.3 Å². The molecule has 2 N–H and O–H groups in total. The summed E-state index contributed by atoms with van der Waals surface area (Å²) < 4.78 is 14.6. The van der Waals surface area contributed by atoms with Gasteiger partial charge >= 0.3 is 0 Å². The molecule has 1 fully saturated rings. The number of hydrogen-bond acceptors (Lipinski definition) is 5. The number of anilines is 2. The molecule has 1 aromatic heterocycles. The maximum absolute atomic E-state index is 13.5. The summed E-state index contributed by atoms with van der Waals surface area (Å²) in [7, 11) is 0. The molecule has 32 heavy (non-hydrogen) atoms. The zero-order valence-electron chi connectivity index (χ0n) is 18.4. The number of piperazine rings is 1. The summed E-state index contributed by atoms with van der Waals surface area (Å²) in [5, 5.41) is 3.31. The quantitative estimate of drug-likeness (QED) is 0.633.